The summed E-state index contributed by atoms with van der Waals surface area (Å²) in [6.45, 7) is 10.7. The number of aryl methyl sites for hydroxylation is 1. The molecule has 0 saturated heterocycles. The van der Waals surface area contributed by atoms with E-state index in [1.54, 1.807) is 0 Å². The highest BCUT2D eigenvalue weighted by atomic mass is 14.6. The predicted molar refractivity (Wildman–Crippen MR) is 241 cm³/mol. The summed E-state index contributed by atoms with van der Waals surface area (Å²) < 4.78 is 0. The van der Waals surface area contributed by atoms with E-state index in [1.165, 1.54) is 122 Å². The molecule has 1 unspecified atom stereocenters. The lowest BCUT2D eigenvalue weighted by atomic mass is 9.66. The van der Waals surface area contributed by atoms with Crippen molar-refractivity contribution in [3.8, 4) is 33.4 Å². The van der Waals surface area contributed by atoms with Crippen LogP contribution in [-0.2, 0) is 11.8 Å². The summed E-state index contributed by atoms with van der Waals surface area (Å²) in [4.78, 5) is 0. The number of allylic oxidation sites excluding steroid dienone is 6. The van der Waals surface area contributed by atoms with Crippen molar-refractivity contribution in [1.29, 1.82) is 0 Å². The van der Waals surface area contributed by atoms with Crippen LogP contribution in [0.5, 0.6) is 0 Å². The zero-order valence-corrected chi connectivity index (χ0v) is 32.5. The third kappa shape index (κ3) is 4.36. The van der Waals surface area contributed by atoms with Crippen molar-refractivity contribution in [3.63, 3.8) is 0 Å². The summed E-state index contributed by atoms with van der Waals surface area (Å²) in [5.41, 5.74) is 24.1. The van der Waals surface area contributed by atoms with Crippen molar-refractivity contribution < 1.29 is 0 Å². The van der Waals surface area contributed by atoms with Crippen molar-refractivity contribution in [1.82, 2.24) is 0 Å². The van der Waals surface area contributed by atoms with Gasteiger partial charge < -0.3 is 0 Å². The Balaban J connectivity index is 1.22. The van der Waals surface area contributed by atoms with E-state index in [4.69, 9.17) is 0 Å². The summed E-state index contributed by atoms with van der Waals surface area (Å²) in [7, 11) is 0. The van der Waals surface area contributed by atoms with Crippen LogP contribution in [0.4, 0.5) is 0 Å². The standard InChI is InChI=1S/C56H44/c1-5-16-41-35(4)34(3)36(6-2)32-49(41)40-19-15-18-38(31-40)39-28-29-47-50(33-39)43-21-9-10-24-46(43)53-48-30-27-37-17-7-8-20-42(37)54(48)56(55(47)53)51-25-13-11-22-44(51)45-23-12-14-26-52(45)56/h5-6,8-11,13-16,18-22,24-33H,2,7,12,17,23H2,1,3-4H3/b16-5-. The summed E-state index contributed by atoms with van der Waals surface area (Å²) >= 11 is 0. The Hall–Kier alpha value is -6.24. The number of rotatable bonds is 4. The van der Waals surface area contributed by atoms with E-state index in [2.05, 4.69) is 173 Å². The number of benzene rings is 7. The van der Waals surface area contributed by atoms with Crippen LogP contribution in [0.25, 0.3) is 78.7 Å². The van der Waals surface area contributed by atoms with Gasteiger partial charge in [0.15, 0.2) is 0 Å². The van der Waals surface area contributed by atoms with Crippen LogP contribution < -0.4 is 0 Å². The lowest BCUT2D eigenvalue weighted by Crippen LogP contribution is -2.29. The zero-order valence-electron chi connectivity index (χ0n) is 32.5. The van der Waals surface area contributed by atoms with Gasteiger partial charge in [0.2, 0.25) is 0 Å². The second kappa shape index (κ2) is 12.4. The highest BCUT2D eigenvalue weighted by Crippen LogP contribution is 2.67. The minimum absolute atomic E-state index is 0.389. The largest absolute Gasteiger partial charge is 0.0985 e. The third-order valence-corrected chi connectivity index (χ3v) is 13.5. The molecule has 0 aliphatic heterocycles. The monoisotopic (exact) mass is 716 g/mol. The SMILES string of the molecule is C=Cc1cc(-c2cccc(-c3ccc4c5c(c6ccccc6c4c3)-c3ccc4c(c3C53C5=C(CCC=C5)c5ccccc53)C=CCC4)c2)c(/C=C\C)c(C)c1C. The first kappa shape index (κ1) is 33.1. The van der Waals surface area contributed by atoms with E-state index < -0.39 is 0 Å². The second-order valence-electron chi connectivity index (χ2n) is 16.1. The Morgan fingerprint density at radius 3 is 2.27 bits per heavy atom. The number of fused-ring (bicyclic) bond motifs is 16. The minimum atomic E-state index is -0.389. The molecule has 11 rings (SSSR count). The smallest absolute Gasteiger partial charge is 0.0734 e. The summed E-state index contributed by atoms with van der Waals surface area (Å²) in [5.74, 6) is 0. The molecule has 0 radical (unpaired) electrons. The molecule has 56 heavy (non-hydrogen) atoms. The highest BCUT2D eigenvalue weighted by molar-refractivity contribution is 6.21. The second-order valence-corrected chi connectivity index (χ2v) is 16.1. The van der Waals surface area contributed by atoms with Crippen LogP contribution in [0, 0.1) is 13.8 Å². The zero-order chi connectivity index (χ0) is 37.7. The maximum Gasteiger partial charge on any atom is 0.0734 e. The Bertz CT molecular complexity index is 3010. The predicted octanol–water partition coefficient (Wildman–Crippen LogP) is 15.0. The molecule has 0 aromatic heterocycles. The lowest BCUT2D eigenvalue weighted by Gasteiger charge is -2.35. The van der Waals surface area contributed by atoms with Gasteiger partial charge in [-0.2, -0.15) is 0 Å². The molecule has 268 valence electrons. The van der Waals surface area contributed by atoms with E-state index in [0.29, 0.717) is 0 Å². The molecule has 1 atom stereocenters. The Morgan fingerprint density at radius 2 is 1.39 bits per heavy atom. The van der Waals surface area contributed by atoms with Gasteiger partial charge in [0.1, 0.15) is 0 Å². The van der Waals surface area contributed by atoms with Crippen molar-refractivity contribution in [2.45, 2.75) is 51.9 Å². The van der Waals surface area contributed by atoms with Crippen molar-refractivity contribution >= 4 is 45.3 Å². The van der Waals surface area contributed by atoms with Crippen LogP contribution in [0.2, 0.25) is 0 Å². The van der Waals surface area contributed by atoms with Crippen LogP contribution in [0.3, 0.4) is 0 Å². The molecular formula is C56H44. The maximum absolute atomic E-state index is 4.15. The Morgan fingerprint density at radius 1 is 0.607 bits per heavy atom. The summed E-state index contributed by atoms with van der Waals surface area (Å²) in [5, 5.41) is 5.33. The molecular weight excluding hydrogens is 673 g/mol. The van der Waals surface area contributed by atoms with Gasteiger partial charge in [-0.3, -0.25) is 0 Å². The molecule has 0 bridgehead atoms. The number of hydrogen-bond acceptors (Lipinski definition) is 0. The topological polar surface area (TPSA) is 0 Å². The van der Waals surface area contributed by atoms with Gasteiger partial charge in [0, 0.05) is 0 Å². The fraction of sp³-hybridized carbons (Fsp3) is 0.143. The average Bonchev–Trinajstić information content (AvgIpc) is 3.73. The van der Waals surface area contributed by atoms with Gasteiger partial charge in [-0.25, -0.2) is 0 Å². The Labute approximate surface area is 330 Å². The normalized spacial score (nSPS) is 17.5. The van der Waals surface area contributed by atoms with Crippen molar-refractivity contribution in [3.05, 3.63) is 201 Å². The molecule has 0 saturated carbocycles. The van der Waals surface area contributed by atoms with E-state index in [1.807, 2.05) is 6.08 Å². The molecule has 0 N–H and O–H groups in total. The molecule has 7 aromatic rings. The van der Waals surface area contributed by atoms with E-state index >= 15 is 0 Å². The minimum Gasteiger partial charge on any atom is -0.0985 e. The van der Waals surface area contributed by atoms with Gasteiger partial charge in [-0.1, -0.05) is 140 Å². The highest BCUT2D eigenvalue weighted by Gasteiger charge is 2.55. The van der Waals surface area contributed by atoms with Crippen molar-refractivity contribution in [2.24, 2.45) is 0 Å². The van der Waals surface area contributed by atoms with Crippen LogP contribution in [-0.4, -0.2) is 0 Å². The first-order valence-electron chi connectivity index (χ1n) is 20.4. The summed E-state index contributed by atoms with van der Waals surface area (Å²) in [6, 6.07) is 42.2. The van der Waals surface area contributed by atoms with E-state index in [0.717, 1.165) is 25.7 Å². The molecule has 0 nitrogen and oxygen atoms in total. The Kier molecular flexibility index (Phi) is 7.33. The molecule has 7 aromatic carbocycles. The van der Waals surface area contributed by atoms with Gasteiger partial charge in [0.25, 0.3) is 0 Å². The molecule has 0 heterocycles. The fourth-order valence-corrected chi connectivity index (χ4v) is 11.0. The lowest BCUT2D eigenvalue weighted by molar-refractivity contribution is 0.781. The summed E-state index contributed by atoms with van der Waals surface area (Å²) in [6.07, 6.45) is 20.5. The van der Waals surface area contributed by atoms with Crippen LogP contribution in [0.15, 0.2) is 146 Å². The molecule has 4 aliphatic carbocycles. The first-order chi connectivity index (χ1) is 27.5. The van der Waals surface area contributed by atoms with E-state index in [-0.39, 0.29) is 5.41 Å². The molecule has 0 fully saturated rings. The molecule has 0 heteroatoms. The fourth-order valence-electron chi connectivity index (χ4n) is 11.0. The van der Waals surface area contributed by atoms with Crippen LogP contribution >= 0.6 is 0 Å². The third-order valence-electron chi connectivity index (χ3n) is 13.5. The molecule has 0 amide bonds. The van der Waals surface area contributed by atoms with Gasteiger partial charge in [0.05, 0.1) is 5.41 Å². The number of hydrogen-bond donors (Lipinski definition) is 0. The van der Waals surface area contributed by atoms with Gasteiger partial charge in [-0.05, 0) is 186 Å². The van der Waals surface area contributed by atoms with Gasteiger partial charge >= 0.3 is 0 Å². The first-order valence-corrected chi connectivity index (χ1v) is 20.4. The van der Waals surface area contributed by atoms with Crippen LogP contribution in [0.1, 0.15) is 81.8 Å². The molecule has 1 spiro atoms. The quantitative estimate of drug-likeness (QED) is 0.159. The average molecular weight is 717 g/mol. The molecule has 4 aliphatic rings. The van der Waals surface area contributed by atoms with Crippen molar-refractivity contribution in [2.75, 3.05) is 0 Å². The maximum atomic E-state index is 4.15. The van der Waals surface area contributed by atoms with Gasteiger partial charge in [-0.15, -0.1) is 0 Å². The van der Waals surface area contributed by atoms with E-state index in [9.17, 15) is 0 Å².